The highest BCUT2D eigenvalue weighted by molar-refractivity contribution is 7.22. The van der Waals surface area contributed by atoms with E-state index in [0.717, 1.165) is 20.7 Å². The van der Waals surface area contributed by atoms with E-state index in [1.54, 1.807) is 24.3 Å². The third-order valence-electron chi connectivity index (χ3n) is 4.28. The smallest absolute Gasteiger partial charge is 0.257 e. The summed E-state index contributed by atoms with van der Waals surface area (Å²) in [5, 5.41) is 3.34. The quantitative estimate of drug-likeness (QED) is 0.721. The lowest BCUT2D eigenvalue weighted by Gasteiger charge is -2.13. The first-order chi connectivity index (χ1) is 12.5. The number of aryl methyl sites for hydroxylation is 1. The number of thiazole rings is 1. The zero-order valence-electron chi connectivity index (χ0n) is 14.0. The number of hydrogen-bond donors (Lipinski definition) is 1. The molecule has 1 aromatic heterocycles. The molecular formula is C19H15N3O3S. The highest BCUT2D eigenvalue weighted by atomic mass is 32.1. The molecule has 3 aromatic rings. The third-order valence-corrected chi connectivity index (χ3v) is 5.22. The molecule has 130 valence electrons. The number of aromatic nitrogens is 1. The average molecular weight is 365 g/mol. The molecular weight excluding hydrogens is 350 g/mol. The molecule has 0 bridgehead atoms. The van der Waals surface area contributed by atoms with E-state index in [2.05, 4.69) is 10.3 Å². The first-order valence-electron chi connectivity index (χ1n) is 8.16. The Morgan fingerprint density at radius 1 is 1.08 bits per heavy atom. The van der Waals surface area contributed by atoms with E-state index in [0.29, 0.717) is 16.4 Å². The molecule has 1 fully saturated rings. The zero-order valence-corrected chi connectivity index (χ0v) is 14.8. The van der Waals surface area contributed by atoms with Crippen LogP contribution in [0, 0.1) is 6.92 Å². The number of carbonyl (C=O) groups is 3. The Morgan fingerprint density at radius 2 is 1.77 bits per heavy atom. The van der Waals surface area contributed by atoms with Crippen LogP contribution in [-0.4, -0.2) is 22.7 Å². The second kappa shape index (κ2) is 6.34. The summed E-state index contributed by atoms with van der Waals surface area (Å²) in [4.78, 5) is 41.6. The highest BCUT2D eigenvalue weighted by Crippen LogP contribution is 2.28. The van der Waals surface area contributed by atoms with Crippen molar-refractivity contribution in [1.82, 2.24) is 4.98 Å². The van der Waals surface area contributed by atoms with Gasteiger partial charge in [-0.2, -0.15) is 0 Å². The van der Waals surface area contributed by atoms with Crippen LogP contribution >= 0.6 is 11.3 Å². The van der Waals surface area contributed by atoms with Crippen LogP contribution in [0.25, 0.3) is 10.2 Å². The van der Waals surface area contributed by atoms with E-state index in [4.69, 9.17) is 0 Å². The van der Waals surface area contributed by atoms with Gasteiger partial charge in [0.15, 0.2) is 5.13 Å². The number of para-hydroxylation sites is 1. The van der Waals surface area contributed by atoms with Crippen molar-refractivity contribution in [3.05, 3.63) is 53.6 Å². The Balaban J connectivity index is 1.53. The minimum absolute atomic E-state index is 0.211. The van der Waals surface area contributed by atoms with E-state index in [1.165, 1.54) is 11.3 Å². The molecule has 2 aromatic carbocycles. The molecule has 26 heavy (non-hydrogen) atoms. The number of anilines is 2. The fourth-order valence-corrected chi connectivity index (χ4v) is 3.87. The summed E-state index contributed by atoms with van der Waals surface area (Å²) in [6.07, 6.45) is 0.468. The van der Waals surface area contributed by atoms with Gasteiger partial charge in [-0.1, -0.05) is 23.5 Å². The summed E-state index contributed by atoms with van der Waals surface area (Å²) in [5.74, 6) is -0.707. The summed E-state index contributed by atoms with van der Waals surface area (Å²) in [6, 6.07) is 12.3. The van der Waals surface area contributed by atoms with Gasteiger partial charge in [-0.15, -0.1) is 0 Å². The van der Waals surface area contributed by atoms with Crippen molar-refractivity contribution in [2.75, 3.05) is 10.2 Å². The van der Waals surface area contributed by atoms with Gasteiger partial charge in [0.05, 0.1) is 15.9 Å². The first-order valence-corrected chi connectivity index (χ1v) is 8.98. The molecule has 2 heterocycles. The Morgan fingerprint density at radius 3 is 2.42 bits per heavy atom. The van der Waals surface area contributed by atoms with Crippen molar-refractivity contribution >= 4 is 50.1 Å². The van der Waals surface area contributed by atoms with Gasteiger partial charge in [-0.25, -0.2) is 4.98 Å². The number of amides is 3. The summed E-state index contributed by atoms with van der Waals surface area (Å²) in [5.41, 5.74) is 2.87. The van der Waals surface area contributed by atoms with E-state index >= 15 is 0 Å². The predicted molar refractivity (Wildman–Crippen MR) is 100 cm³/mol. The van der Waals surface area contributed by atoms with Gasteiger partial charge in [0.1, 0.15) is 0 Å². The number of nitrogens with one attached hydrogen (secondary N) is 1. The Bertz CT molecular complexity index is 1020. The van der Waals surface area contributed by atoms with Crippen LogP contribution in [0.3, 0.4) is 0 Å². The molecule has 0 aliphatic carbocycles. The number of carbonyl (C=O) groups excluding carboxylic acids is 3. The number of imide groups is 1. The van der Waals surface area contributed by atoms with Gasteiger partial charge in [0, 0.05) is 18.4 Å². The molecule has 7 heteroatoms. The van der Waals surface area contributed by atoms with Crippen molar-refractivity contribution in [2.24, 2.45) is 0 Å². The molecule has 6 nitrogen and oxygen atoms in total. The molecule has 0 atom stereocenters. The highest BCUT2D eigenvalue weighted by Gasteiger charge is 2.30. The fourth-order valence-electron chi connectivity index (χ4n) is 2.94. The molecule has 0 radical (unpaired) electrons. The van der Waals surface area contributed by atoms with Gasteiger partial charge >= 0.3 is 0 Å². The van der Waals surface area contributed by atoms with Crippen LogP contribution in [0.2, 0.25) is 0 Å². The third kappa shape index (κ3) is 2.86. The van der Waals surface area contributed by atoms with Crippen LogP contribution in [0.5, 0.6) is 0 Å². The standard InChI is InChI=1S/C19H15N3O3S/c1-11-3-2-4-14-17(11)20-19(26-14)21-18(25)12-5-7-13(8-6-12)22-15(23)9-10-16(22)24/h2-8H,9-10H2,1H3,(H,20,21,25). The first kappa shape index (κ1) is 16.4. The number of nitrogens with zero attached hydrogens (tertiary/aromatic N) is 2. The monoisotopic (exact) mass is 365 g/mol. The van der Waals surface area contributed by atoms with Crippen LogP contribution in [0.4, 0.5) is 10.8 Å². The van der Waals surface area contributed by atoms with Crippen molar-refractivity contribution < 1.29 is 14.4 Å². The molecule has 1 aliphatic rings. The molecule has 1 saturated heterocycles. The molecule has 0 saturated carbocycles. The van der Waals surface area contributed by atoms with Crippen molar-refractivity contribution in [3.63, 3.8) is 0 Å². The minimum Gasteiger partial charge on any atom is -0.298 e. The Hall–Kier alpha value is -3.06. The fraction of sp³-hybridized carbons (Fsp3) is 0.158. The van der Waals surface area contributed by atoms with Crippen LogP contribution in [0.1, 0.15) is 28.8 Å². The van der Waals surface area contributed by atoms with Gasteiger partial charge < -0.3 is 0 Å². The maximum atomic E-state index is 12.4. The number of hydrogen-bond acceptors (Lipinski definition) is 5. The van der Waals surface area contributed by atoms with Gasteiger partial charge in [0.25, 0.3) is 5.91 Å². The second-order valence-electron chi connectivity index (χ2n) is 6.06. The number of benzene rings is 2. The second-order valence-corrected chi connectivity index (χ2v) is 7.10. The molecule has 1 aliphatic heterocycles. The van der Waals surface area contributed by atoms with Crippen LogP contribution < -0.4 is 10.2 Å². The molecule has 3 amide bonds. The molecule has 1 N–H and O–H groups in total. The van der Waals surface area contributed by atoms with Crippen LogP contribution in [0.15, 0.2) is 42.5 Å². The topological polar surface area (TPSA) is 79.4 Å². The van der Waals surface area contributed by atoms with Crippen molar-refractivity contribution in [1.29, 1.82) is 0 Å². The lowest BCUT2D eigenvalue weighted by molar-refractivity contribution is -0.121. The predicted octanol–water partition coefficient (Wildman–Crippen LogP) is 3.51. The van der Waals surface area contributed by atoms with E-state index in [-0.39, 0.29) is 30.6 Å². The van der Waals surface area contributed by atoms with Crippen molar-refractivity contribution in [2.45, 2.75) is 19.8 Å². The van der Waals surface area contributed by atoms with E-state index < -0.39 is 0 Å². The molecule has 0 spiro atoms. The van der Waals surface area contributed by atoms with Gasteiger partial charge in [-0.3, -0.25) is 24.6 Å². The molecule has 4 rings (SSSR count). The Kier molecular flexibility index (Phi) is 4.00. The number of rotatable bonds is 3. The zero-order chi connectivity index (χ0) is 18.3. The number of fused-ring (bicyclic) bond motifs is 1. The maximum Gasteiger partial charge on any atom is 0.257 e. The summed E-state index contributed by atoms with van der Waals surface area (Å²) < 4.78 is 1.02. The van der Waals surface area contributed by atoms with Gasteiger partial charge in [-0.05, 0) is 42.8 Å². The lowest BCUT2D eigenvalue weighted by atomic mass is 10.2. The normalized spacial score (nSPS) is 14.3. The SMILES string of the molecule is Cc1cccc2sc(NC(=O)c3ccc(N4C(=O)CCC4=O)cc3)nc12. The minimum atomic E-state index is -0.285. The average Bonchev–Trinajstić information content (AvgIpc) is 3.19. The van der Waals surface area contributed by atoms with Crippen molar-refractivity contribution in [3.8, 4) is 0 Å². The van der Waals surface area contributed by atoms with Crippen LogP contribution in [-0.2, 0) is 9.59 Å². The summed E-state index contributed by atoms with van der Waals surface area (Å²) >= 11 is 1.42. The molecule has 0 unspecified atom stereocenters. The summed E-state index contributed by atoms with van der Waals surface area (Å²) in [6.45, 7) is 1.98. The Labute approximate surface area is 153 Å². The summed E-state index contributed by atoms with van der Waals surface area (Å²) in [7, 11) is 0. The van der Waals surface area contributed by atoms with Gasteiger partial charge in [0.2, 0.25) is 11.8 Å². The van der Waals surface area contributed by atoms with E-state index in [9.17, 15) is 14.4 Å². The lowest BCUT2D eigenvalue weighted by Crippen LogP contribution is -2.28. The largest absolute Gasteiger partial charge is 0.298 e. The maximum absolute atomic E-state index is 12.4. The van der Waals surface area contributed by atoms with E-state index in [1.807, 2.05) is 25.1 Å².